The van der Waals surface area contributed by atoms with Crippen molar-refractivity contribution in [2.75, 3.05) is 0 Å². The average molecular weight is 394 g/mol. The van der Waals surface area contributed by atoms with Crippen LogP contribution in [0.1, 0.15) is 82.3 Å². The highest BCUT2D eigenvalue weighted by Gasteiger charge is 2.14. The molecule has 0 aliphatic rings. The SMILES string of the molecule is CCCCCCCCCCCCc1cc(C)cc(-c2cccc3[nH]nnc23)c1O. The number of H-pyrrole nitrogens is 1. The summed E-state index contributed by atoms with van der Waals surface area (Å²) in [6.45, 7) is 4.36. The van der Waals surface area contributed by atoms with Crippen LogP contribution in [0, 0.1) is 6.92 Å². The normalized spacial score (nSPS) is 11.4. The van der Waals surface area contributed by atoms with E-state index in [1.54, 1.807) is 0 Å². The van der Waals surface area contributed by atoms with Crippen molar-refractivity contribution in [2.45, 2.75) is 84.5 Å². The quantitative estimate of drug-likeness (QED) is 0.322. The first kappa shape index (κ1) is 21.4. The molecule has 3 aromatic rings. The van der Waals surface area contributed by atoms with Crippen molar-refractivity contribution >= 4 is 11.0 Å². The van der Waals surface area contributed by atoms with E-state index in [1.165, 1.54) is 63.4 Å². The summed E-state index contributed by atoms with van der Waals surface area (Å²) in [4.78, 5) is 0. The third-order valence-corrected chi connectivity index (χ3v) is 5.78. The van der Waals surface area contributed by atoms with Crippen LogP contribution in [0.5, 0.6) is 5.75 Å². The van der Waals surface area contributed by atoms with Crippen LogP contribution in [0.2, 0.25) is 0 Å². The van der Waals surface area contributed by atoms with E-state index in [2.05, 4.69) is 35.3 Å². The van der Waals surface area contributed by atoms with Gasteiger partial charge in [-0.25, -0.2) is 0 Å². The first-order chi connectivity index (χ1) is 14.2. The second kappa shape index (κ2) is 11.0. The van der Waals surface area contributed by atoms with Crippen molar-refractivity contribution in [1.82, 2.24) is 15.4 Å². The van der Waals surface area contributed by atoms with Crippen molar-refractivity contribution in [3.8, 4) is 16.9 Å². The Bertz CT molecular complexity index is 900. The van der Waals surface area contributed by atoms with Crippen molar-refractivity contribution in [1.29, 1.82) is 0 Å². The molecule has 0 atom stereocenters. The number of phenols is 1. The van der Waals surface area contributed by atoms with E-state index in [9.17, 15) is 5.11 Å². The Morgan fingerprint density at radius 3 is 2.28 bits per heavy atom. The summed E-state index contributed by atoms with van der Waals surface area (Å²) in [6, 6.07) is 10.1. The largest absolute Gasteiger partial charge is 0.507 e. The number of aromatic hydroxyl groups is 1. The van der Waals surface area contributed by atoms with Crippen LogP contribution >= 0.6 is 0 Å². The summed E-state index contributed by atoms with van der Waals surface area (Å²) in [5, 5.41) is 22.0. The minimum atomic E-state index is 0.391. The lowest BCUT2D eigenvalue weighted by molar-refractivity contribution is 0.467. The van der Waals surface area contributed by atoms with E-state index in [1.807, 2.05) is 24.3 Å². The smallest absolute Gasteiger partial charge is 0.126 e. The maximum Gasteiger partial charge on any atom is 0.126 e. The predicted molar refractivity (Wildman–Crippen MR) is 121 cm³/mol. The fourth-order valence-corrected chi connectivity index (χ4v) is 4.14. The molecular weight excluding hydrogens is 358 g/mol. The zero-order chi connectivity index (χ0) is 20.5. The van der Waals surface area contributed by atoms with Gasteiger partial charge in [-0.05, 0) is 43.0 Å². The lowest BCUT2D eigenvalue weighted by Gasteiger charge is -2.12. The van der Waals surface area contributed by atoms with Gasteiger partial charge in [0, 0.05) is 11.1 Å². The minimum absolute atomic E-state index is 0.391. The van der Waals surface area contributed by atoms with Gasteiger partial charge in [-0.2, -0.15) is 0 Å². The number of fused-ring (bicyclic) bond motifs is 1. The van der Waals surface area contributed by atoms with Crippen LogP contribution in [0.4, 0.5) is 0 Å². The summed E-state index contributed by atoms with van der Waals surface area (Å²) in [5.74, 6) is 0.391. The van der Waals surface area contributed by atoms with Crippen molar-refractivity contribution < 1.29 is 5.11 Å². The Morgan fingerprint density at radius 1 is 0.862 bits per heavy atom. The molecule has 2 aromatic carbocycles. The van der Waals surface area contributed by atoms with Crippen LogP contribution in [0.3, 0.4) is 0 Å². The summed E-state index contributed by atoms with van der Waals surface area (Å²) < 4.78 is 0. The standard InChI is InChI=1S/C25H35N3O/c1-3-4-5-6-7-8-9-10-11-12-14-20-17-19(2)18-22(25(20)29)21-15-13-16-23-24(21)27-28-26-23/h13,15-18,29H,3-12,14H2,1-2H3,(H,26,27,28). The minimum Gasteiger partial charge on any atom is -0.507 e. The number of aromatic nitrogens is 3. The number of unbranched alkanes of at least 4 members (excludes halogenated alkanes) is 9. The maximum atomic E-state index is 10.9. The topological polar surface area (TPSA) is 61.8 Å². The highest BCUT2D eigenvalue weighted by molar-refractivity contribution is 5.93. The molecule has 1 aromatic heterocycles. The molecule has 0 saturated heterocycles. The first-order valence-electron chi connectivity index (χ1n) is 11.3. The molecule has 0 spiro atoms. The third-order valence-electron chi connectivity index (χ3n) is 5.78. The zero-order valence-corrected chi connectivity index (χ0v) is 18.0. The number of nitrogens with zero attached hydrogens (tertiary/aromatic N) is 2. The van der Waals surface area contributed by atoms with Crippen LogP contribution in [-0.4, -0.2) is 20.5 Å². The number of rotatable bonds is 12. The van der Waals surface area contributed by atoms with Gasteiger partial charge in [0.1, 0.15) is 11.3 Å². The highest BCUT2D eigenvalue weighted by atomic mass is 16.3. The number of nitrogens with one attached hydrogen (secondary N) is 1. The van der Waals surface area contributed by atoms with Crippen molar-refractivity contribution in [3.63, 3.8) is 0 Å². The van der Waals surface area contributed by atoms with Gasteiger partial charge < -0.3 is 5.11 Å². The Kier molecular flexibility index (Phi) is 8.09. The van der Waals surface area contributed by atoms with Gasteiger partial charge in [-0.3, -0.25) is 5.10 Å². The molecule has 1 heterocycles. The number of aryl methyl sites for hydroxylation is 2. The molecule has 29 heavy (non-hydrogen) atoms. The molecule has 0 radical (unpaired) electrons. The molecule has 0 aliphatic carbocycles. The molecule has 3 rings (SSSR count). The Labute approximate surface area is 174 Å². The number of aromatic amines is 1. The van der Waals surface area contributed by atoms with Gasteiger partial charge in [0.15, 0.2) is 0 Å². The number of benzene rings is 2. The van der Waals surface area contributed by atoms with Crippen LogP contribution in [0.25, 0.3) is 22.2 Å². The van der Waals surface area contributed by atoms with Crippen LogP contribution < -0.4 is 0 Å². The van der Waals surface area contributed by atoms with Crippen LogP contribution in [-0.2, 0) is 6.42 Å². The fraction of sp³-hybridized carbons (Fsp3) is 0.520. The second-order valence-electron chi connectivity index (χ2n) is 8.27. The van der Waals surface area contributed by atoms with Gasteiger partial charge in [0.05, 0.1) is 5.52 Å². The van der Waals surface area contributed by atoms with E-state index in [-0.39, 0.29) is 0 Å². The molecule has 156 valence electrons. The average Bonchev–Trinajstić information content (AvgIpc) is 3.20. The maximum absolute atomic E-state index is 10.9. The number of phenolic OH excluding ortho intramolecular Hbond substituents is 1. The van der Waals surface area contributed by atoms with E-state index < -0.39 is 0 Å². The molecule has 0 unspecified atom stereocenters. The molecular formula is C25H35N3O. The summed E-state index contributed by atoms with van der Waals surface area (Å²) >= 11 is 0. The number of hydrogen-bond donors (Lipinski definition) is 2. The second-order valence-corrected chi connectivity index (χ2v) is 8.27. The molecule has 0 bridgehead atoms. The van der Waals surface area contributed by atoms with E-state index in [0.29, 0.717) is 5.75 Å². The Morgan fingerprint density at radius 2 is 1.55 bits per heavy atom. The number of hydrogen-bond acceptors (Lipinski definition) is 3. The van der Waals surface area contributed by atoms with E-state index in [0.717, 1.165) is 40.6 Å². The molecule has 2 N–H and O–H groups in total. The zero-order valence-electron chi connectivity index (χ0n) is 18.0. The fourth-order valence-electron chi connectivity index (χ4n) is 4.14. The first-order valence-corrected chi connectivity index (χ1v) is 11.3. The van der Waals surface area contributed by atoms with Crippen LogP contribution in [0.15, 0.2) is 30.3 Å². The Balaban J connectivity index is 1.54. The summed E-state index contributed by atoms with van der Waals surface area (Å²) in [7, 11) is 0. The molecule has 0 aliphatic heterocycles. The third kappa shape index (κ3) is 5.81. The van der Waals surface area contributed by atoms with Crippen molar-refractivity contribution in [2.24, 2.45) is 0 Å². The van der Waals surface area contributed by atoms with Gasteiger partial charge in [0.2, 0.25) is 0 Å². The molecule has 0 saturated carbocycles. The summed E-state index contributed by atoms with van der Waals surface area (Å²) in [6.07, 6.45) is 14.2. The van der Waals surface area contributed by atoms with Gasteiger partial charge in [0.25, 0.3) is 0 Å². The molecule has 4 nitrogen and oxygen atoms in total. The van der Waals surface area contributed by atoms with E-state index >= 15 is 0 Å². The Hall–Kier alpha value is -2.36. The van der Waals surface area contributed by atoms with E-state index in [4.69, 9.17) is 0 Å². The van der Waals surface area contributed by atoms with Gasteiger partial charge >= 0.3 is 0 Å². The lowest BCUT2D eigenvalue weighted by atomic mass is 9.95. The molecule has 4 heteroatoms. The van der Waals surface area contributed by atoms with Crippen molar-refractivity contribution in [3.05, 3.63) is 41.5 Å². The monoisotopic (exact) mass is 393 g/mol. The summed E-state index contributed by atoms with van der Waals surface area (Å²) in [5.41, 5.74) is 5.69. The predicted octanol–water partition coefficient (Wildman–Crippen LogP) is 7.10. The van der Waals surface area contributed by atoms with Gasteiger partial charge in [-0.15, -0.1) is 5.10 Å². The molecule has 0 fully saturated rings. The van der Waals surface area contributed by atoms with Gasteiger partial charge in [-0.1, -0.05) is 88.1 Å². The molecule has 0 amide bonds. The lowest BCUT2D eigenvalue weighted by Crippen LogP contribution is -1.92. The highest BCUT2D eigenvalue weighted by Crippen LogP contribution is 2.37.